The van der Waals surface area contributed by atoms with Gasteiger partial charge >= 0.3 is 5.97 Å². The Bertz CT molecular complexity index is 385. The third-order valence-electron chi connectivity index (χ3n) is 2.40. The molecule has 1 rings (SSSR count). The highest BCUT2D eigenvalue weighted by Crippen LogP contribution is 2.31. The molecule has 0 aliphatic carbocycles. The van der Waals surface area contributed by atoms with Gasteiger partial charge in [0, 0.05) is 6.04 Å². The summed E-state index contributed by atoms with van der Waals surface area (Å²) in [6.07, 6.45) is -0.201. The van der Waals surface area contributed by atoms with Crippen molar-refractivity contribution < 1.29 is 14.3 Å². The van der Waals surface area contributed by atoms with Crippen molar-refractivity contribution in [2.24, 2.45) is 5.73 Å². The lowest BCUT2D eigenvalue weighted by Gasteiger charge is -2.22. The molecular weight excluding hydrogens is 209 g/mol. The van der Waals surface area contributed by atoms with Gasteiger partial charge in [-0.15, -0.1) is 0 Å². The number of benzene rings is 1. The van der Waals surface area contributed by atoms with Crippen LogP contribution in [0.2, 0.25) is 0 Å². The number of aliphatic carboxylic acids is 1. The Morgan fingerprint density at radius 2 is 2.06 bits per heavy atom. The maximum Gasteiger partial charge on any atom is 0.305 e. The molecule has 0 aromatic heterocycles. The second-order valence-electron chi connectivity index (χ2n) is 4.26. The number of carboxylic acid groups (broad SMARTS) is 1. The SMILES string of the molecule is CC(C)(F)c1ccccc1C(N)CC(=O)O. The molecule has 0 saturated carbocycles. The molecule has 4 heteroatoms. The van der Waals surface area contributed by atoms with Crippen LogP contribution < -0.4 is 5.73 Å². The monoisotopic (exact) mass is 225 g/mol. The molecule has 0 saturated heterocycles. The molecule has 16 heavy (non-hydrogen) atoms. The molecule has 0 aliphatic rings. The minimum absolute atomic E-state index is 0.201. The van der Waals surface area contributed by atoms with Crippen LogP contribution in [0, 0.1) is 0 Å². The summed E-state index contributed by atoms with van der Waals surface area (Å²) >= 11 is 0. The molecule has 0 radical (unpaired) electrons. The molecule has 1 aromatic rings. The summed E-state index contributed by atoms with van der Waals surface area (Å²) in [6.45, 7) is 2.86. The highest BCUT2D eigenvalue weighted by atomic mass is 19.1. The van der Waals surface area contributed by atoms with Gasteiger partial charge in [-0.3, -0.25) is 4.79 Å². The molecule has 0 aliphatic heterocycles. The second-order valence-corrected chi connectivity index (χ2v) is 4.26. The first kappa shape index (κ1) is 12.6. The predicted octanol–water partition coefficient (Wildman–Crippen LogP) is 2.37. The zero-order valence-corrected chi connectivity index (χ0v) is 9.40. The van der Waals surface area contributed by atoms with Crippen molar-refractivity contribution in [1.82, 2.24) is 0 Å². The van der Waals surface area contributed by atoms with Crippen molar-refractivity contribution in [2.45, 2.75) is 32.0 Å². The Balaban J connectivity index is 3.08. The van der Waals surface area contributed by atoms with Crippen molar-refractivity contribution in [3.8, 4) is 0 Å². The third-order valence-corrected chi connectivity index (χ3v) is 2.40. The van der Waals surface area contributed by atoms with Gasteiger partial charge in [0.1, 0.15) is 5.67 Å². The van der Waals surface area contributed by atoms with Gasteiger partial charge in [0.25, 0.3) is 0 Å². The normalized spacial score (nSPS) is 13.5. The fraction of sp³-hybridized carbons (Fsp3) is 0.417. The number of hydrogen-bond acceptors (Lipinski definition) is 2. The minimum Gasteiger partial charge on any atom is -0.481 e. The quantitative estimate of drug-likeness (QED) is 0.826. The number of alkyl halides is 1. The molecule has 3 nitrogen and oxygen atoms in total. The molecule has 88 valence electrons. The van der Waals surface area contributed by atoms with Gasteiger partial charge in [0.15, 0.2) is 0 Å². The maximum absolute atomic E-state index is 13.9. The summed E-state index contributed by atoms with van der Waals surface area (Å²) in [7, 11) is 0. The van der Waals surface area contributed by atoms with E-state index in [9.17, 15) is 9.18 Å². The molecule has 3 N–H and O–H groups in total. The number of halogens is 1. The average molecular weight is 225 g/mol. The lowest BCUT2D eigenvalue weighted by Crippen LogP contribution is -2.21. The summed E-state index contributed by atoms with van der Waals surface area (Å²) in [4.78, 5) is 10.6. The smallest absolute Gasteiger partial charge is 0.305 e. The molecular formula is C12H16FNO2. The van der Waals surface area contributed by atoms with Gasteiger partial charge in [-0.2, -0.15) is 0 Å². The second kappa shape index (κ2) is 4.61. The van der Waals surface area contributed by atoms with E-state index in [0.717, 1.165) is 0 Å². The van der Waals surface area contributed by atoms with Crippen molar-refractivity contribution in [1.29, 1.82) is 0 Å². The molecule has 0 spiro atoms. The van der Waals surface area contributed by atoms with Crippen LogP contribution in [0.4, 0.5) is 4.39 Å². The van der Waals surface area contributed by atoms with Gasteiger partial charge in [-0.1, -0.05) is 24.3 Å². The highest BCUT2D eigenvalue weighted by molar-refractivity contribution is 5.68. The van der Waals surface area contributed by atoms with Gasteiger partial charge in [-0.25, -0.2) is 4.39 Å². The fourth-order valence-electron chi connectivity index (χ4n) is 1.66. The lowest BCUT2D eigenvalue weighted by atomic mass is 9.90. The van der Waals surface area contributed by atoms with Crippen LogP contribution >= 0.6 is 0 Å². The van der Waals surface area contributed by atoms with E-state index in [1.807, 2.05) is 0 Å². The van der Waals surface area contributed by atoms with E-state index in [2.05, 4.69) is 0 Å². The van der Waals surface area contributed by atoms with Crippen molar-refractivity contribution in [2.75, 3.05) is 0 Å². The standard InChI is InChI=1S/C12H16FNO2/c1-12(2,13)9-6-4-3-5-8(9)10(14)7-11(15)16/h3-6,10H,7,14H2,1-2H3,(H,15,16). The van der Waals surface area contributed by atoms with Crippen LogP contribution in [0.1, 0.15) is 37.4 Å². The van der Waals surface area contributed by atoms with Crippen LogP contribution in [0.3, 0.4) is 0 Å². The Morgan fingerprint density at radius 1 is 1.50 bits per heavy atom. The van der Waals surface area contributed by atoms with E-state index in [0.29, 0.717) is 11.1 Å². The van der Waals surface area contributed by atoms with Gasteiger partial charge < -0.3 is 10.8 Å². The first-order valence-corrected chi connectivity index (χ1v) is 5.08. The summed E-state index contributed by atoms with van der Waals surface area (Å²) in [5, 5.41) is 8.67. The van der Waals surface area contributed by atoms with E-state index in [1.165, 1.54) is 13.8 Å². The van der Waals surface area contributed by atoms with Crippen molar-refractivity contribution in [3.05, 3.63) is 35.4 Å². The molecule has 0 heterocycles. The number of carboxylic acids is 1. The van der Waals surface area contributed by atoms with Crippen LogP contribution in [-0.2, 0) is 10.5 Å². The largest absolute Gasteiger partial charge is 0.481 e. The van der Waals surface area contributed by atoms with E-state index in [4.69, 9.17) is 10.8 Å². The summed E-state index contributed by atoms with van der Waals surface area (Å²) in [5.74, 6) is -0.987. The molecule has 0 amide bonds. The number of hydrogen-bond donors (Lipinski definition) is 2. The van der Waals surface area contributed by atoms with E-state index in [1.54, 1.807) is 24.3 Å². The predicted molar refractivity (Wildman–Crippen MR) is 59.8 cm³/mol. The van der Waals surface area contributed by atoms with E-state index < -0.39 is 17.7 Å². The topological polar surface area (TPSA) is 63.3 Å². The van der Waals surface area contributed by atoms with Crippen LogP contribution in [-0.4, -0.2) is 11.1 Å². The fourth-order valence-corrected chi connectivity index (χ4v) is 1.66. The minimum atomic E-state index is -1.52. The summed E-state index contributed by atoms with van der Waals surface area (Å²) in [6, 6.07) is 6.07. The Hall–Kier alpha value is -1.42. The average Bonchev–Trinajstić information content (AvgIpc) is 2.15. The van der Waals surface area contributed by atoms with Crippen molar-refractivity contribution in [3.63, 3.8) is 0 Å². The number of carbonyl (C=O) groups is 1. The highest BCUT2D eigenvalue weighted by Gasteiger charge is 2.25. The third kappa shape index (κ3) is 3.03. The van der Waals surface area contributed by atoms with Gasteiger partial charge in [0.2, 0.25) is 0 Å². The Morgan fingerprint density at radius 3 is 2.56 bits per heavy atom. The zero-order valence-electron chi connectivity index (χ0n) is 9.40. The molecule has 0 bridgehead atoms. The molecule has 1 aromatic carbocycles. The van der Waals surface area contributed by atoms with Crippen LogP contribution in [0.5, 0.6) is 0 Å². The first-order chi connectivity index (χ1) is 7.32. The Kier molecular flexibility index (Phi) is 3.65. The summed E-state index contributed by atoms with van der Waals surface area (Å²) in [5.41, 5.74) is 5.23. The summed E-state index contributed by atoms with van der Waals surface area (Å²) < 4.78 is 13.9. The molecule has 1 atom stereocenters. The zero-order chi connectivity index (χ0) is 12.3. The maximum atomic E-state index is 13.9. The Labute approximate surface area is 94.1 Å². The first-order valence-electron chi connectivity index (χ1n) is 5.08. The van der Waals surface area contributed by atoms with Crippen LogP contribution in [0.15, 0.2) is 24.3 Å². The lowest BCUT2D eigenvalue weighted by molar-refractivity contribution is -0.137. The van der Waals surface area contributed by atoms with Gasteiger partial charge in [0.05, 0.1) is 6.42 Å². The number of rotatable bonds is 4. The molecule has 0 fully saturated rings. The van der Waals surface area contributed by atoms with E-state index in [-0.39, 0.29) is 6.42 Å². The number of nitrogens with two attached hydrogens (primary N) is 1. The van der Waals surface area contributed by atoms with E-state index >= 15 is 0 Å². The van der Waals surface area contributed by atoms with Crippen molar-refractivity contribution >= 4 is 5.97 Å². The van der Waals surface area contributed by atoms with Gasteiger partial charge in [-0.05, 0) is 25.0 Å². The van der Waals surface area contributed by atoms with Crippen LogP contribution in [0.25, 0.3) is 0 Å². The molecule has 1 unspecified atom stereocenters.